The average molecular weight is 356 g/mol. The molecular weight excluding hydrogens is 331 g/mol. The maximum absolute atomic E-state index is 12.9. The summed E-state index contributed by atoms with van der Waals surface area (Å²) < 4.78 is 18.4. The second-order valence-electron chi connectivity index (χ2n) is 6.58. The monoisotopic (exact) mass is 356 g/mol. The van der Waals surface area contributed by atoms with Crippen LogP contribution in [0.4, 0.5) is 10.1 Å². The lowest BCUT2D eigenvalue weighted by Gasteiger charge is -2.31. The molecule has 0 saturated carbocycles. The fourth-order valence-electron chi connectivity index (χ4n) is 3.24. The minimum atomic E-state index is -0.615. The Bertz CT molecular complexity index is 733. The molecule has 1 amide bonds. The summed E-state index contributed by atoms with van der Waals surface area (Å²) in [6.07, 6.45) is 2.58. The Morgan fingerprint density at radius 2 is 2.00 bits per heavy atom. The number of rotatable bonds is 7. The molecule has 0 radical (unpaired) electrons. The van der Waals surface area contributed by atoms with Gasteiger partial charge < -0.3 is 15.0 Å². The maximum atomic E-state index is 12.9. The lowest BCUT2D eigenvalue weighted by molar-refractivity contribution is -0.127. The number of amides is 1. The number of para-hydroxylation sites is 1. The van der Waals surface area contributed by atoms with Gasteiger partial charge in [0.1, 0.15) is 11.6 Å². The van der Waals surface area contributed by atoms with Crippen LogP contribution in [0, 0.1) is 5.82 Å². The van der Waals surface area contributed by atoms with E-state index in [1.165, 1.54) is 41.9 Å². The number of hydrogen-bond donors (Lipinski definition) is 1. The molecule has 4 nitrogen and oxygen atoms in total. The van der Waals surface area contributed by atoms with E-state index < -0.39 is 6.10 Å². The molecular formula is C21H25FN2O2. The van der Waals surface area contributed by atoms with E-state index in [0.29, 0.717) is 12.3 Å². The predicted octanol–water partition coefficient (Wildman–Crippen LogP) is 3.55. The minimum absolute atomic E-state index is 0.159. The van der Waals surface area contributed by atoms with E-state index in [1.807, 2.05) is 0 Å². The van der Waals surface area contributed by atoms with Gasteiger partial charge in [-0.15, -0.1) is 0 Å². The molecule has 0 bridgehead atoms. The largest absolute Gasteiger partial charge is 0.481 e. The molecule has 0 aromatic heterocycles. The molecule has 0 saturated heterocycles. The minimum Gasteiger partial charge on any atom is -0.481 e. The zero-order chi connectivity index (χ0) is 18.4. The van der Waals surface area contributed by atoms with Crippen LogP contribution in [0.25, 0.3) is 0 Å². The van der Waals surface area contributed by atoms with Crippen molar-refractivity contribution in [2.75, 3.05) is 24.5 Å². The summed E-state index contributed by atoms with van der Waals surface area (Å²) in [5.41, 5.74) is 2.72. The van der Waals surface area contributed by atoms with Gasteiger partial charge in [-0.3, -0.25) is 4.79 Å². The predicted molar refractivity (Wildman–Crippen MR) is 101 cm³/mol. The number of hydrogen-bond acceptors (Lipinski definition) is 3. The number of benzene rings is 2. The lowest BCUT2D eigenvalue weighted by atomic mass is 10.0. The Morgan fingerprint density at radius 3 is 2.81 bits per heavy atom. The third kappa shape index (κ3) is 4.75. The van der Waals surface area contributed by atoms with E-state index in [2.05, 4.69) is 34.5 Å². The number of carbonyl (C=O) groups is 1. The third-order valence-corrected chi connectivity index (χ3v) is 4.61. The first-order valence-corrected chi connectivity index (χ1v) is 9.16. The quantitative estimate of drug-likeness (QED) is 0.772. The van der Waals surface area contributed by atoms with E-state index in [-0.39, 0.29) is 11.7 Å². The molecule has 2 aromatic rings. The molecule has 138 valence electrons. The van der Waals surface area contributed by atoms with Crippen molar-refractivity contribution in [1.82, 2.24) is 5.32 Å². The van der Waals surface area contributed by atoms with E-state index in [4.69, 9.17) is 4.74 Å². The Balaban J connectivity index is 1.41. The third-order valence-electron chi connectivity index (χ3n) is 4.61. The average Bonchev–Trinajstić information content (AvgIpc) is 2.67. The topological polar surface area (TPSA) is 41.6 Å². The number of aryl methyl sites for hydroxylation is 1. The van der Waals surface area contributed by atoms with Gasteiger partial charge in [0, 0.05) is 25.3 Å². The highest BCUT2D eigenvalue weighted by Crippen LogP contribution is 2.26. The number of carbonyl (C=O) groups excluding carboxylic acids is 1. The zero-order valence-corrected chi connectivity index (χ0v) is 15.1. The van der Waals surface area contributed by atoms with E-state index in [9.17, 15) is 9.18 Å². The molecule has 0 aliphatic carbocycles. The molecule has 1 aliphatic heterocycles. The molecule has 5 heteroatoms. The van der Waals surface area contributed by atoms with E-state index in [1.54, 1.807) is 6.92 Å². The summed E-state index contributed by atoms with van der Waals surface area (Å²) in [6.45, 7) is 4.29. The van der Waals surface area contributed by atoms with Crippen LogP contribution in [0.15, 0.2) is 48.5 Å². The highest BCUT2D eigenvalue weighted by atomic mass is 19.1. The van der Waals surface area contributed by atoms with Crippen LogP contribution >= 0.6 is 0 Å². The summed E-state index contributed by atoms with van der Waals surface area (Å²) in [6, 6.07) is 14.2. The van der Waals surface area contributed by atoms with Gasteiger partial charge in [0.15, 0.2) is 6.10 Å². The van der Waals surface area contributed by atoms with Crippen LogP contribution in [-0.2, 0) is 11.2 Å². The van der Waals surface area contributed by atoms with Crippen molar-refractivity contribution >= 4 is 11.6 Å². The summed E-state index contributed by atoms with van der Waals surface area (Å²) in [7, 11) is 0. The lowest BCUT2D eigenvalue weighted by Crippen LogP contribution is -2.38. The second-order valence-corrected chi connectivity index (χ2v) is 6.58. The van der Waals surface area contributed by atoms with Crippen molar-refractivity contribution in [3.63, 3.8) is 0 Å². The van der Waals surface area contributed by atoms with Gasteiger partial charge in [-0.05, 0) is 62.1 Å². The van der Waals surface area contributed by atoms with Gasteiger partial charge >= 0.3 is 0 Å². The molecule has 0 fully saturated rings. The SMILES string of the molecule is C[C@H](Oc1ccc(F)cc1)C(=O)NCCCN1CCCc2ccccc21. The van der Waals surface area contributed by atoms with Gasteiger partial charge in [-0.2, -0.15) is 0 Å². The van der Waals surface area contributed by atoms with E-state index >= 15 is 0 Å². The van der Waals surface area contributed by atoms with Crippen LogP contribution in [0.3, 0.4) is 0 Å². The number of ether oxygens (including phenoxy) is 1. The van der Waals surface area contributed by atoms with Gasteiger partial charge in [0.2, 0.25) is 0 Å². The molecule has 2 aromatic carbocycles. The van der Waals surface area contributed by atoms with Crippen LogP contribution in [0.2, 0.25) is 0 Å². The van der Waals surface area contributed by atoms with Crippen LogP contribution in [-0.4, -0.2) is 31.6 Å². The van der Waals surface area contributed by atoms with Crippen molar-refractivity contribution < 1.29 is 13.9 Å². The van der Waals surface area contributed by atoms with Crippen LogP contribution in [0.1, 0.15) is 25.3 Å². The molecule has 1 heterocycles. The van der Waals surface area contributed by atoms with Gasteiger partial charge in [0.25, 0.3) is 5.91 Å². The molecule has 0 spiro atoms. The smallest absolute Gasteiger partial charge is 0.260 e. The van der Waals surface area contributed by atoms with Gasteiger partial charge in [-0.25, -0.2) is 4.39 Å². The highest BCUT2D eigenvalue weighted by Gasteiger charge is 2.17. The number of anilines is 1. The van der Waals surface area contributed by atoms with Gasteiger partial charge in [0.05, 0.1) is 0 Å². The zero-order valence-electron chi connectivity index (χ0n) is 15.1. The Hall–Kier alpha value is -2.56. The van der Waals surface area contributed by atoms with Crippen molar-refractivity contribution in [3.8, 4) is 5.75 Å². The van der Waals surface area contributed by atoms with Crippen molar-refractivity contribution in [2.24, 2.45) is 0 Å². The number of halogens is 1. The summed E-state index contributed by atoms with van der Waals surface area (Å²) in [4.78, 5) is 14.5. The van der Waals surface area contributed by atoms with Crippen molar-refractivity contribution in [2.45, 2.75) is 32.3 Å². The first-order chi connectivity index (χ1) is 12.6. The van der Waals surface area contributed by atoms with Crippen molar-refractivity contribution in [3.05, 3.63) is 59.9 Å². The Kier molecular flexibility index (Phi) is 6.10. The fourth-order valence-corrected chi connectivity index (χ4v) is 3.24. The maximum Gasteiger partial charge on any atom is 0.260 e. The number of nitrogens with zero attached hydrogens (tertiary/aromatic N) is 1. The fraction of sp³-hybridized carbons (Fsp3) is 0.381. The molecule has 26 heavy (non-hydrogen) atoms. The van der Waals surface area contributed by atoms with Crippen molar-refractivity contribution in [1.29, 1.82) is 0 Å². The van der Waals surface area contributed by atoms with Crippen LogP contribution < -0.4 is 15.0 Å². The summed E-state index contributed by atoms with van der Waals surface area (Å²) in [5.74, 6) is 0.00100. The Morgan fingerprint density at radius 1 is 1.23 bits per heavy atom. The first-order valence-electron chi connectivity index (χ1n) is 9.16. The van der Waals surface area contributed by atoms with Gasteiger partial charge in [-0.1, -0.05) is 18.2 Å². The Labute approximate surface area is 154 Å². The summed E-state index contributed by atoms with van der Waals surface area (Å²) >= 11 is 0. The number of nitrogens with one attached hydrogen (secondary N) is 1. The highest BCUT2D eigenvalue weighted by molar-refractivity contribution is 5.80. The molecule has 1 atom stereocenters. The second kappa shape index (κ2) is 8.70. The standard InChI is InChI=1S/C21H25FN2O2/c1-16(26-19-11-9-18(22)10-12-19)21(25)23-13-5-15-24-14-4-7-17-6-2-3-8-20(17)24/h2-3,6,8-12,16H,4-5,7,13-15H2,1H3,(H,23,25)/t16-/m0/s1. The normalized spacial score (nSPS) is 14.5. The molecule has 1 N–H and O–H groups in total. The van der Waals surface area contributed by atoms with Crippen LogP contribution in [0.5, 0.6) is 5.75 Å². The first kappa shape index (κ1) is 18.2. The number of fused-ring (bicyclic) bond motifs is 1. The molecule has 3 rings (SSSR count). The summed E-state index contributed by atoms with van der Waals surface area (Å²) in [5, 5.41) is 2.91. The molecule has 0 unspecified atom stereocenters. The molecule has 1 aliphatic rings. The van der Waals surface area contributed by atoms with E-state index in [0.717, 1.165) is 25.9 Å².